The van der Waals surface area contributed by atoms with E-state index < -0.39 is 21.5 Å². The van der Waals surface area contributed by atoms with Gasteiger partial charge in [-0.25, -0.2) is 13.1 Å². The lowest BCUT2D eigenvalue weighted by Crippen LogP contribution is -2.35. The van der Waals surface area contributed by atoms with E-state index in [1.807, 2.05) is 30.3 Å². The highest BCUT2D eigenvalue weighted by molar-refractivity contribution is 7.90. The fourth-order valence-electron chi connectivity index (χ4n) is 3.46. The van der Waals surface area contributed by atoms with Gasteiger partial charge < -0.3 is 9.64 Å². The third kappa shape index (κ3) is 5.67. The first-order valence-corrected chi connectivity index (χ1v) is 12.3. The van der Waals surface area contributed by atoms with E-state index in [4.69, 9.17) is 4.74 Å². The maximum atomic E-state index is 12.9. The summed E-state index contributed by atoms with van der Waals surface area (Å²) in [5.41, 5.74) is 2.23. The van der Waals surface area contributed by atoms with Crippen molar-refractivity contribution in [2.24, 2.45) is 0 Å². The highest BCUT2D eigenvalue weighted by Crippen LogP contribution is 2.20. The summed E-state index contributed by atoms with van der Waals surface area (Å²) >= 11 is 0. The number of sulfone groups is 1. The van der Waals surface area contributed by atoms with E-state index >= 15 is 0 Å². The summed E-state index contributed by atoms with van der Waals surface area (Å²) in [5, 5.41) is 4.44. The fraction of sp³-hybridized carbons (Fsp3) is 0.292. The number of aryl methyl sites for hydroxylation is 1. The van der Waals surface area contributed by atoms with E-state index in [9.17, 15) is 18.0 Å². The Labute approximate surface area is 193 Å². The topological polar surface area (TPSA) is 98.6 Å². The minimum absolute atomic E-state index is 0.180. The standard InChI is InChI=1S/C24H27N3O5S/c1-17-22(18(2)27(25-17)19-10-6-5-7-11-19)23(28)24(29)26(3)14-9-15-32-20-12-8-13-21(16-20)33(4,30)31/h5-8,10-13,16H,9,14-15H2,1-4H3. The summed E-state index contributed by atoms with van der Waals surface area (Å²) in [6.07, 6.45) is 1.61. The van der Waals surface area contributed by atoms with Gasteiger partial charge in [-0.05, 0) is 50.6 Å². The number of ether oxygens (including phenoxy) is 1. The summed E-state index contributed by atoms with van der Waals surface area (Å²) < 4.78 is 30.6. The van der Waals surface area contributed by atoms with Crippen molar-refractivity contribution in [1.82, 2.24) is 14.7 Å². The molecule has 0 atom stereocenters. The molecule has 0 saturated carbocycles. The van der Waals surface area contributed by atoms with Gasteiger partial charge in [-0.1, -0.05) is 24.3 Å². The number of amides is 1. The van der Waals surface area contributed by atoms with Crippen molar-refractivity contribution in [3.8, 4) is 11.4 Å². The molecule has 3 aromatic rings. The summed E-state index contributed by atoms with van der Waals surface area (Å²) in [7, 11) is -1.75. The Morgan fingerprint density at radius 1 is 1.06 bits per heavy atom. The zero-order chi connectivity index (χ0) is 24.2. The molecule has 174 valence electrons. The third-order valence-electron chi connectivity index (χ3n) is 5.20. The van der Waals surface area contributed by atoms with Crippen molar-refractivity contribution < 1.29 is 22.7 Å². The molecule has 1 aromatic heterocycles. The first-order chi connectivity index (χ1) is 15.6. The number of rotatable bonds is 9. The van der Waals surface area contributed by atoms with Crippen LogP contribution in [-0.2, 0) is 14.6 Å². The van der Waals surface area contributed by atoms with Gasteiger partial charge in [0.15, 0.2) is 9.84 Å². The molecule has 0 aliphatic rings. The van der Waals surface area contributed by atoms with Crippen molar-refractivity contribution in [1.29, 1.82) is 0 Å². The summed E-state index contributed by atoms with van der Waals surface area (Å²) in [5.74, 6) is -0.785. The second kappa shape index (κ2) is 9.99. The monoisotopic (exact) mass is 469 g/mol. The van der Waals surface area contributed by atoms with Gasteiger partial charge in [-0.2, -0.15) is 5.10 Å². The van der Waals surface area contributed by atoms with E-state index in [0.29, 0.717) is 35.7 Å². The number of para-hydroxylation sites is 1. The molecule has 0 aliphatic heterocycles. The first-order valence-electron chi connectivity index (χ1n) is 10.4. The second-order valence-corrected chi connectivity index (χ2v) is 9.81. The Hall–Kier alpha value is -3.46. The van der Waals surface area contributed by atoms with Crippen LogP contribution < -0.4 is 4.74 Å². The zero-order valence-corrected chi connectivity index (χ0v) is 19.9. The fourth-order valence-corrected chi connectivity index (χ4v) is 4.12. The number of hydrogen-bond acceptors (Lipinski definition) is 6. The van der Waals surface area contributed by atoms with Crippen LogP contribution in [0.15, 0.2) is 59.5 Å². The van der Waals surface area contributed by atoms with Crippen LogP contribution in [-0.4, -0.2) is 61.2 Å². The van der Waals surface area contributed by atoms with E-state index in [0.717, 1.165) is 11.9 Å². The van der Waals surface area contributed by atoms with Gasteiger partial charge in [0.05, 0.1) is 34.1 Å². The summed E-state index contributed by atoms with van der Waals surface area (Å²) in [6, 6.07) is 15.7. The van der Waals surface area contributed by atoms with Crippen LogP contribution in [0.5, 0.6) is 5.75 Å². The lowest BCUT2D eigenvalue weighted by Gasteiger charge is -2.16. The number of aromatic nitrogens is 2. The molecular formula is C24H27N3O5S. The van der Waals surface area contributed by atoms with E-state index in [-0.39, 0.29) is 11.5 Å². The largest absolute Gasteiger partial charge is 0.493 e. The highest BCUT2D eigenvalue weighted by atomic mass is 32.2. The smallest absolute Gasteiger partial charge is 0.294 e. The molecule has 3 rings (SSSR count). The second-order valence-electron chi connectivity index (χ2n) is 7.80. The van der Waals surface area contributed by atoms with Crippen LogP contribution in [0, 0.1) is 13.8 Å². The number of carbonyl (C=O) groups is 2. The molecule has 2 aromatic carbocycles. The Bertz CT molecular complexity index is 1270. The van der Waals surface area contributed by atoms with Gasteiger partial charge >= 0.3 is 0 Å². The number of benzene rings is 2. The minimum Gasteiger partial charge on any atom is -0.493 e. The molecule has 33 heavy (non-hydrogen) atoms. The average Bonchev–Trinajstić information content (AvgIpc) is 3.09. The van der Waals surface area contributed by atoms with Crippen LogP contribution in [0.2, 0.25) is 0 Å². The quantitative estimate of drug-likeness (QED) is 0.271. The van der Waals surface area contributed by atoms with Gasteiger partial charge in [0.25, 0.3) is 11.7 Å². The predicted octanol–water partition coefficient (Wildman–Crippen LogP) is 3.00. The number of carbonyl (C=O) groups excluding carboxylic acids is 2. The molecule has 8 nitrogen and oxygen atoms in total. The van der Waals surface area contributed by atoms with Crippen LogP contribution >= 0.6 is 0 Å². The maximum Gasteiger partial charge on any atom is 0.294 e. The molecule has 1 amide bonds. The zero-order valence-electron chi connectivity index (χ0n) is 19.1. The molecule has 1 heterocycles. The lowest BCUT2D eigenvalue weighted by molar-refractivity contribution is -0.125. The predicted molar refractivity (Wildman–Crippen MR) is 125 cm³/mol. The molecule has 0 bridgehead atoms. The van der Waals surface area contributed by atoms with Gasteiger partial charge in [0.1, 0.15) is 5.75 Å². The normalized spacial score (nSPS) is 11.3. The number of hydrogen-bond donors (Lipinski definition) is 0. The van der Waals surface area contributed by atoms with Crippen molar-refractivity contribution in [3.05, 3.63) is 71.5 Å². The molecule has 0 unspecified atom stereocenters. The van der Waals surface area contributed by atoms with Gasteiger partial charge in [-0.3, -0.25) is 9.59 Å². The molecule has 0 aliphatic carbocycles. The molecule has 0 fully saturated rings. The SMILES string of the molecule is Cc1nn(-c2ccccc2)c(C)c1C(=O)C(=O)N(C)CCCOc1cccc(S(C)(=O)=O)c1. The minimum atomic E-state index is -3.32. The lowest BCUT2D eigenvalue weighted by atomic mass is 10.1. The van der Waals surface area contributed by atoms with Crippen molar-refractivity contribution in [3.63, 3.8) is 0 Å². The average molecular weight is 470 g/mol. The Balaban J connectivity index is 1.60. The van der Waals surface area contributed by atoms with Gasteiger partial charge in [0.2, 0.25) is 0 Å². The number of Topliss-reactive ketones (excluding diaryl/α,β-unsaturated/α-hetero) is 1. The molecule has 9 heteroatoms. The molecular weight excluding hydrogens is 442 g/mol. The van der Waals surface area contributed by atoms with E-state index in [2.05, 4.69) is 5.10 Å². The number of ketones is 1. The molecule has 0 N–H and O–H groups in total. The maximum absolute atomic E-state index is 12.9. The Morgan fingerprint density at radius 2 is 1.76 bits per heavy atom. The third-order valence-corrected chi connectivity index (χ3v) is 6.31. The van der Waals surface area contributed by atoms with Gasteiger partial charge in [0, 0.05) is 19.8 Å². The van der Waals surface area contributed by atoms with Crippen molar-refractivity contribution in [2.45, 2.75) is 25.2 Å². The highest BCUT2D eigenvalue weighted by Gasteiger charge is 2.27. The number of likely N-dealkylation sites (N-methyl/N-ethyl adjacent to an activating group) is 1. The first kappa shape index (κ1) is 24.2. The van der Waals surface area contributed by atoms with Crippen LogP contribution in [0.1, 0.15) is 28.2 Å². The van der Waals surface area contributed by atoms with Crippen LogP contribution in [0.4, 0.5) is 0 Å². The Morgan fingerprint density at radius 3 is 2.42 bits per heavy atom. The van der Waals surface area contributed by atoms with Gasteiger partial charge in [-0.15, -0.1) is 0 Å². The van der Waals surface area contributed by atoms with E-state index in [1.165, 1.54) is 17.0 Å². The van der Waals surface area contributed by atoms with Crippen LogP contribution in [0.3, 0.4) is 0 Å². The Kier molecular flexibility index (Phi) is 7.33. The number of nitrogens with zero attached hydrogens (tertiary/aromatic N) is 3. The van der Waals surface area contributed by atoms with Crippen LogP contribution in [0.25, 0.3) is 5.69 Å². The summed E-state index contributed by atoms with van der Waals surface area (Å²) in [4.78, 5) is 27.2. The molecule has 0 saturated heterocycles. The van der Waals surface area contributed by atoms with Crippen molar-refractivity contribution in [2.75, 3.05) is 26.5 Å². The molecule has 0 radical (unpaired) electrons. The van der Waals surface area contributed by atoms with E-state index in [1.54, 1.807) is 37.7 Å². The molecule has 0 spiro atoms. The van der Waals surface area contributed by atoms with Crippen molar-refractivity contribution >= 4 is 21.5 Å². The summed E-state index contributed by atoms with van der Waals surface area (Å²) in [6.45, 7) is 4.06.